The van der Waals surface area contributed by atoms with E-state index < -0.39 is 11.9 Å². The molecular formula is C28H54AlClO4. The van der Waals surface area contributed by atoms with Crippen LogP contribution in [0.3, 0.4) is 0 Å². The summed E-state index contributed by atoms with van der Waals surface area (Å²) in [4.78, 5) is 20.3. The molecule has 34 heavy (non-hydrogen) atoms. The first-order chi connectivity index (χ1) is 15.5. The Balaban J connectivity index is -0.000000250. The summed E-state index contributed by atoms with van der Waals surface area (Å²) in [5.74, 6) is -1.81. The van der Waals surface area contributed by atoms with Gasteiger partial charge in [0.1, 0.15) is 0 Å². The molecule has 0 spiro atoms. The fourth-order valence-corrected chi connectivity index (χ4v) is 3.87. The zero-order valence-corrected chi connectivity index (χ0v) is 24.5. The Bertz CT molecular complexity index is 359. The smallest absolute Gasteiger partial charge is 1.00 e. The van der Waals surface area contributed by atoms with Crippen LogP contribution in [0.15, 0.2) is 0 Å². The maximum absolute atomic E-state index is 10.1. The van der Waals surface area contributed by atoms with Crippen LogP contribution in [0.4, 0.5) is 0 Å². The third-order valence-corrected chi connectivity index (χ3v) is 5.97. The molecule has 0 heterocycles. The molecule has 0 aliphatic rings. The average molecular weight is 517 g/mol. The molecule has 0 saturated heterocycles. The largest absolute Gasteiger partial charge is 3.00 e. The van der Waals surface area contributed by atoms with Gasteiger partial charge in [-0.05, 0) is 25.7 Å². The van der Waals surface area contributed by atoms with Gasteiger partial charge in [-0.25, -0.2) is 0 Å². The fraction of sp³-hybridized carbons (Fsp3) is 0.929. The van der Waals surface area contributed by atoms with Crippen molar-refractivity contribution in [2.45, 2.75) is 168 Å². The maximum Gasteiger partial charge on any atom is 3.00 e. The van der Waals surface area contributed by atoms with Crippen LogP contribution in [-0.2, 0) is 9.59 Å². The number of aliphatic carboxylic acids is 2. The SMILES string of the molecule is CCCCCCCCCCCCCC(=O)[O-].CCCCCCCCCCCCCC(=O)[O-].[Al+3].[Cl-]. The van der Waals surface area contributed by atoms with Crippen LogP contribution in [0.25, 0.3) is 0 Å². The van der Waals surface area contributed by atoms with Crippen molar-refractivity contribution in [3.8, 4) is 0 Å². The van der Waals surface area contributed by atoms with Crippen LogP contribution in [0.5, 0.6) is 0 Å². The molecule has 4 nitrogen and oxygen atoms in total. The van der Waals surface area contributed by atoms with Gasteiger partial charge in [0.2, 0.25) is 0 Å². The number of hydrogen-bond donors (Lipinski definition) is 0. The van der Waals surface area contributed by atoms with Gasteiger partial charge in [0, 0.05) is 11.9 Å². The molecule has 0 aliphatic carbocycles. The van der Waals surface area contributed by atoms with Crippen molar-refractivity contribution in [2.24, 2.45) is 0 Å². The van der Waals surface area contributed by atoms with E-state index in [0.717, 1.165) is 25.7 Å². The zero-order valence-electron chi connectivity index (χ0n) is 22.6. The molecule has 0 fully saturated rings. The minimum absolute atomic E-state index is 0. The number of hydrogen-bond acceptors (Lipinski definition) is 4. The summed E-state index contributed by atoms with van der Waals surface area (Å²) >= 11 is 0. The standard InChI is InChI=1S/2C14H28O2.Al.ClH/c2*1-2-3-4-5-6-7-8-9-10-11-12-13-14(15)16;;/h2*2-13H2,1H3,(H,15,16);;1H/q;;+3;/p-3. The predicted molar refractivity (Wildman–Crippen MR) is 138 cm³/mol. The third-order valence-electron chi connectivity index (χ3n) is 5.97. The van der Waals surface area contributed by atoms with E-state index in [2.05, 4.69) is 13.8 Å². The molecule has 0 radical (unpaired) electrons. The molecule has 0 rings (SSSR count). The van der Waals surface area contributed by atoms with Gasteiger partial charge in [-0.15, -0.1) is 0 Å². The van der Waals surface area contributed by atoms with E-state index in [0.29, 0.717) is 0 Å². The second-order valence-corrected chi connectivity index (χ2v) is 9.32. The molecule has 0 bridgehead atoms. The monoisotopic (exact) mass is 516 g/mol. The molecule has 0 aromatic carbocycles. The van der Waals surface area contributed by atoms with Crippen molar-refractivity contribution in [1.29, 1.82) is 0 Å². The first-order valence-corrected chi connectivity index (χ1v) is 13.9. The van der Waals surface area contributed by atoms with E-state index >= 15 is 0 Å². The Labute approximate surface area is 229 Å². The van der Waals surface area contributed by atoms with E-state index in [-0.39, 0.29) is 42.6 Å². The van der Waals surface area contributed by atoms with Crippen molar-refractivity contribution >= 4 is 29.3 Å². The number of carboxylic acids is 2. The van der Waals surface area contributed by atoms with Gasteiger partial charge in [0.05, 0.1) is 0 Å². The van der Waals surface area contributed by atoms with Crippen LogP contribution >= 0.6 is 0 Å². The molecule has 0 amide bonds. The molecular weight excluding hydrogens is 463 g/mol. The van der Waals surface area contributed by atoms with Crippen LogP contribution in [0.1, 0.15) is 168 Å². The van der Waals surface area contributed by atoms with Gasteiger partial charge in [0.15, 0.2) is 0 Å². The van der Waals surface area contributed by atoms with E-state index in [1.54, 1.807) is 0 Å². The van der Waals surface area contributed by atoms with Gasteiger partial charge >= 0.3 is 17.4 Å². The molecule has 0 atom stereocenters. The zero-order chi connectivity index (χ0) is 24.1. The van der Waals surface area contributed by atoms with Gasteiger partial charge < -0.3 is 32.2 Å². The van der Waals surface area contributed by atoms with Crippen molar-refractivity contribution in [1.82, 2.24) is 0 Å². The number of halogens is 1. The number of carbonyl (C=O) groups is 2. The number of carboxylic acid groups (broad SMARTS) is 2. The minimum atomic E-state index is -0.907. The summed E-state index contributed by atoms with van der Waals surface area (Å²) < 4.78 is 0. The normalized spacial score (nSPS) is 9.94. The summed E-state index contributed by atoms with van der Waals surface area (Å²) in [6.45, 7) is 4.49. The number of carbonyl (C=O) groups excluding carboxylic acids is 2. The quantitative estimate of drug-likeness (QED) is 0.145. The summed E-state index contributed by atoms with van der Waals surface area (Å²) in [6.07, 6.45) is 28.1. The van der Waals surface area contributed by atoms with Crippen LogP contribution in [-0.4, -0.2) is 29.3 Å². The predicted octanol–water partition coefficient (Wildman–Crippen LogP) is 3.50. The third kappa shape index (κ3) is 45.3. The van der Waals surface area contributed by atoms with E-state index in [9.17, 15) is 19.8 Å². The topological polar surface area (TPSA) is 80.3 Å². The maximum atomic E-state index is 10.1. The van der Waals surface area contributed by atoms with E-state index in [1.807, 2.05) is 0 Å². The Hall–Kier alpha value is -0.238. The van der Waals surface area contributed by atoms with Gasteiger partial charge in [-0.2, -0.15) is 0 Å². The van der Waals surface area contributed by atoms with Gasteiger partial charge in [0.25, 0.3) is 0 Å². The van der Waals surface area contributed by atoms with E-state index in [4.69, 9.17) is 0 Å². The number of rotatable bonds is 24. The summed E-state index contributed by atoms with van der Waals surface area (Å²) in [6, 6.07) is 0. The Morgan fingerprint density at radius 2 is 0.588 bits per heavy atom. The molecule has 0 aliphatic heterocycles. The Morgan fingerprint density at radius 3 is 0.765 bits per heavy atom. The minimum Gasteiger partial charge on any atom is -1.00 e. The molecule has 0 N–H and O–H groups in total. The average Bonchev–Trinajstić information content (AvgIpc) is 2.76. The van der Waals surface area contributed by atoms with Crippen molar-refractivity contribution in [3.63, 3.8) is 0 Å². The van der Waals surface area contributed by atoms with Crippen LogP contribution < -0.4 is 22.6 Å². The Morgan fingerprint density at radius 1 is 0.412 bits per heavy atom. The summed E-state index contributed by atoms with van der Waals surface area (Å²) in [5, 5.41) is 20.3. The van der Waals surface area contributed by atoms with Crippen molar-refractivity contribution < 1.29 is 32.2 Å². The Kier molecular flexibility index (Phi) is 44.9. The molecule has 0 unspecified atom stereocenters. The molecule has 6 heteroatoms. The van der Waals surface area contributed by atoms with Gasteiger partial charge in [-0.1, -0.05) is 142 Å². The van der Waals surface area contributed by atoms with Crippen molar-refractivity contribution in [2.75, 3.05) is 0 Å². The van der Waals surface area contributed by atoms with Gasteiger partial charge in [-0.3, -0.25) is 0 Å². The van der Waals surface area contributed by atoms with Crippen molar-refractivity contribution in [3.05, 3.63) is 0 Å². The molecule has 200 valence electrons. The summed E-state index contributed by atoms with van der Waals surface area (Å²) in [5.41, 5.74) is 0. The molecule has 0 aromatic rings. The van der Waals surface area contributed by atoms with Crippen LogP contribution in [0.2, 0.25) is 0 Å². The summed E-state index contributed by atoms with van der Waals surface area (Å²) in [7, 11) is 0. The second kappa shape index (κ2) is 37.3. The molecule has 0 aromatic heterocycles. The number of unbranched alkanes of at least 4 members (excludes halogenated alkanes) is 20. The van der Waals surface area contributed by atoms with Crippen LogP contribution in [0, 0.1) is 0 Å². The van der Waals surface area contributed by atoms with E-state index in [1.165, 1.54) is 116 Å². The fourth-order valence-electron chi connectivity index (χ4n) is 3.87. The second-order valence-electron chi connectivity index (χ2n) is 9.32. The first kappa shape index (κ1) is 40.9. The molecule has 0 saturated carbocycles. The first-order valence-electron chi connectivity index (χ1n) is 13.9.